The Morgan fingerprint density at radius 3 is 2.88 bits per heavy atom. The molecule has 0 radical (unpaired) electrons. The van der Waals surface area contributed by atoms with Crippen molar-refractivity contribution in [1.29, 1.82) is 0 Å². The number of aliphatic hydroxyl groups is 1. The number of benzene rings is 1. The zero-order valence-electron chi connectivity index (χ0n) is 9.36. The second kappa shape index (κ2) is 5.35. The molecule has 0 amide bonds. The van der Waals surface area contributed by atoms with Crippen molar-refractivity contribution >= 4 is 32.5 Å². The zero-order valence-corrected chi connectivity index (χ0v) is 10.9. The van der Waals surface area contributed by atoms with Crippen molar-refractivity contribution in [2.24, 2.45) is 0 Å². The van der Waals surface area contributed by atoms with Crippen LogP contribution in [0.1, 0.15) is 12.8 Å². The molecule has 0 atom stereocenters. The fourth-order valence-electron chi connectivity index (χ4n) is 1.91. The normalized spacial score (nSPS) is 10.6. The highest BCUT2D eigenvalue weighted by Gasteiger charge is 2.08. The third kappa shape index (κ3) is 2.51. The van der Waals surface area contributed by atoms with Gasteiger partial charge in [-0.2, -0.15) is 0 Å². The van der Waals surface area contributed by atoms with Crippen LogP contribution in [0.4, 0.5) is 5.69 Å². The first-order valence-corrected chi connectivity index (χ1v) is 6.32. The molecule has 0 fully saturated rings. The highest BCUT2D eigenvalue weighted by Crippen LogP contribution is 2.30. The van der Waals surface area contributed by atoms with Gasteiger partial charge in [-0.25, -0.2) is 4.85 Å². The molecule has 88 valence electrons. The number of hydrogen-bond donors (Lipinski definition) is 1. The Morgan fingerprint density at radius 1 is 1.35 bits per heavy atom. The monoisotopic (exact) mass is 292 g/mol. The van der Waals surface area contributed by atoms with Crippen LogP contribution in [0.25, 0.3) is 15.7 Å². The number of halogens is 1. The van der Waals surface area contributed by atoms with Crippen molar-refractivity contribution in [3.63, 3.8) is 0 Å². The van der Waals surface area contributed by atoms with Gasteiger partial charge in [0.15, 0.2) is 0 Å². The first-order valence-electron chi connectivity index (χ1n) is 5.53. The number of unbranched alkanes of at least 4 members (excludes halogenated alkanes) is 1. The molecule has 0 saturated carbocycles. The number of rotatable bonds is 4. The molecule has 1 aromatic heterocycles. The number of aromatic nitrogens is 1. The Morgan fingerprint density at radius 2 is 2.18 bits per heavy atom. The van der Waals surface area contributed by atoms with Crippen molar-refractivity contribution < 1.29 is 5.11 Å². The summed E-state index contributed by atoms with van der Waals surface area (Å²) in [6.45, 7) is 8.22. The van der Waals surface area contributed by atoms with E-state index in [0.717, 1.165) is 34.8 Å². The van der Waals surface area contributed by atoms with Crippen molar-refractivity contribution in [3.8, 4) is 0 Å². The van der Waals surface area contributed by atoms with E-state index in [4.69, 9.17) is 11.7 Å². The molecule has 0 aliphatic heterocycles. The lowest BCUT2D eigenvalue weighted by Gasteiger charge is -2.05. The van der Waals surface area contributed by atoms with Crippen LogP contribution in [0, 0.1) is 6.57 Å². The predicted molar refractivity (Wildman–Crippen MR) is 72.2 cm³/mol. The Labute approximate surface area is 109 Å². The van der Waals surface area contributed by atoms with E-state index in [-0.39, 0.29) is 6.61 Å². The van der Waals surface area contributed by atoms with Crippen LogP contribution < -0.4 is 0 Å². The van der Waals surface area contributed by atoms with E-state index in [9.17, 15) is 0 Å². The molecule has 2 rings (SSSR count). The number of nitrogens with zero attached hydrogens (tertiary/aromatic N) is 2. The summed E-state index contributed by atoms with van der Waals surface area (Å²) in [6.07, 6.45) is 3.60. The Balaban J connectivity index is 2.41. The average Bonchev–Trinajstić information content (AvgIpc) is 2.67. The van der Waals surface area contributed by atoms with Crippen LogP contribution in [-0.2, 0) is 6.54 Å². The Hall–Kier alpha value is -1.31. The molecule has 1 aromatic carbocycles. The molecule has 0 spiro atoms. The molecular formula is C13H13BrN2O. The number of hydrogen-bond acceptors (Lipinski definition) is 1. The Bertz CT molecular complexity index is 569. The van der Waals surface area contributed by atoms with Gasteiger partial charge in [-0.15, -0.1) is 0 Å². The fraction of sp³-hybridized carbons (Fsp3) is 0.308. The maximum Gasteiger partial charge on any atom is 0.212 e. The van der Waals surface area contributed by atoms with Crippen LogP contribution in [0.15, 0.2) is 28.9 Å². The lowest BCUT2D eigenvalue weighted by atomic mass is 10.2. The second-order valence-electron chi connectivity index (χ2n) is 3.91. The highest BCUT2D eigenvalue weighted by atomic mass is 79.9. The van der Waals surface area contributed by atoms with E-state index in [0.29, 0.717) is 5.69 Å². The van der Waals surface area contributed by atoms with Gasteiger partial charge < -0.3 is 9.67 Å². The Kier molecular flexibility index (Phi) is 3.82. The average molecular weight is 293 g/mol. The van der Waals surface area contributed by atoms with Gasteiger partial charge in [0.05, 0.1) is 6.57 Å². The molecule has 0 aliphatic carbocycles. The first-order chi connectivity index (χ1) is 8.26. The van der Waals surface area contributed by atoms with Crippen molar-refractivity contribution in [3.05, 3.63) is 40.3 Å². The van der Waals surface area contributed by atoms with E-state index >= 15 is 0 Å². The summed E-state index contributed by atoms with van der Waals surface area (Å²) in [4.78, 5) is 3.54. The van der Waals surface area contributed by atoms with Crippen LogP contribution in [0.3, 0.4) is 0 Å². The van der Waals surface area contributed by atoms with Gasteiger partial charge in [0.2, 0.25) is 5.69 Å². The van der Waals surface area contributed by atoms with Gasteiger partial charge in [-0.05, 0) is 25.0 Å². The topological polar surface area (TPSA) is 29.5 Å². The minimum Gasteiger partial charge on any atom is -0.396 e. The highest BCUT2D eigenvalue weighted by molar-refractivity contribution is 9.10. The summed E-state index contributed by atoms with van der Waals surface area (Å²) >= 11 is 3.45. The molecule has 17 heavy (non-hydrogen) atoms. The SMILES string of the molecule is [C-]#[N+]c1cn(CCCCO)c2cc(Br)ccc12. The molecule has 1 heterocycles. The van der Waals surface area contributed by atoms with Crippen molar-refractivity contribution in [2.45, 2.75) is 19.4 Å². The van der Waals surface area contributed by atoms with Crippen LogP contribution >= 0.6 is 15.9 Å². The molecule has 0 saturated heterocycles. The van der Waals surface area contributed by atoms with Gasteiger partial charge in [0.25, 0.3) is 0 Å². The summed E-state index contributed by atoms with van der Waals surface area (Å²) in [6, 6.07) is 5.95. The smallest absolute Gasteiger partial charge is 0.212 e. The quantitative estimate of drug-likeness (QED) is 0.675. The van der Waals surface area contributed by atoms with Crippen LogP contribution in [0.2, 0.25) is 0 Å². The van der Waals surface area contributed by atoms with E-state index < -0.39 is 0 Å². The molecule has 0 unspecified atom stereocenters. The lowest BCUT2D eigenvalue weighted by molar-refractivity contribution is 0.281. The van der Waals surface area contributed by atoms with Gasteiger partial charge >= 0.3 is 0 Å². The molecule has 2 aromatic rings. The van der Waals surface area contributed by atoms with Crippen molar-refractivity contribution in [1.82, 2.24) is 4.57 Å². The summed E-state index contributed by atoms with van der Waals surface area (Å²) in [5, 5.41) is 9.78. The third-order valence-electron chi connectivity index (χ3n) is 2.75. The third-order valence-corrected chi connectivity index (χ3v) is 3.24. The summed E-state index contributed by atoms with van der Waals surface area (Å²) in [5.74, 6) is 0. The van der Waals surface area contributed by atoms with E-state index in [2.05, 4.69) is 25.3 Å². The van der Waals surface area contributed by atoms with Crippen LogP contribution in [-0.4, -0.2) is 16.3 Å². The molecule has 0 aliphatic rings. The van der Waals surface area contributed by atoms with Gasteiger partial charge in [-0.1, -0.05) is 22.0 Å². The zero-order chi connectivity index (χ0) is 12.3. The molecule has 1 N–H and O–H groups in total. The van der Waals surface area contributed by atoms with Gasteiger partial charge in [0, 0.05) is 34.7 Å². The maximum absolute atomic E-state index is 8.79. The molecular weight excluding hydrogens is 280 g/mol. The molecule has 3 nitrogen and oxygen atoms in total. The minimum absolute atomic E-state index is 0.221. The van der Waals surface area contributed by atoms with Crippen molar-refractivity contribution in [2.75, 3.05) is 6.61 Å². The number of fused-ring (bicyclic) bond motifs is 1. The summed E-state index contributed by atoms with van der Waals surface area (Å²) < 4.78 is 3.10. The lowest BCUT2D eigenvalue weighted by Crippen LogP contribution is -1.97. The van der Waals surface area contributed by atoms with E-state index in [1.165, 1.54) is 0 Å². The number of aliphatic hydroxyl groups excluding tert-OH is 1. The van der Waals surface area contributed by atoms with E-state index in [1.54, 1.807) is 0 Å². The summed E-state index contributed by atoms with van der Waals surface area (Å²) in [7, 11) is 0. The standard InChI is InChI=1S/C13H13BrN2O/c1-15-12-9-16(6-2-3-7-17)13-8-10(14)4-5-11(12)13/h4-5,8-9,17H,2-3,6-7H2. The van der Waals surface area contributed by atoms with E-state index in [1.807, 2.05) is 24.4 Å². The second-order valence-corrected chi connectivity index (χ2v) is 4.83. The predicted octanol–water partition coefficient (Wildman–Crippen LogP) is 3.73. The maximum atomic E-state index is 8.79. The first kappa shape index (κ1) is 12.2. The molecule has 4 heteroatoms. The molecule has 0 bridgehead atoms. The van der Waals surface area contributed by atoms with Gasteiger partial charge in [-0.3, -0.25) is 0 Å². The summed E-state index contributed by atoms with van der Waals surface area (Å²) in [5.41, 5.74) is 1.76. The fourth-order valence-corrected chi connectivity index (χ4v) is 2.26. The minimum atomic E-state index is 0.221. The number of aryl methyl sites for hydroxylation is 1. The largest absolute Gasteiger partial charge is 0.396 e. The van der Waals surface area contributed by atoms with Crippen LogP contribution in [0.5, 0.6) is 0 Å². The van der Waals surface area contributed by atoms with Gasteiger partial charge in [0.1, 0.15) is 0 Å².